The molecule has 1 heterocycles. The second kappa shape index (κ2) is 9.39. The number of hydrogen-bond acceptors (Lipinski definition) is 7. The normalized spacial score (nSPS) is 14.3. The van der Waals surface area contributed by atoms with Crippen molar-refractivity contribution in [3.05, 3.63) is 63.7 Å². The lowest BCUT2D eigenvalue weighted by atomic mass is 9.96. The third-order valence-electron chi connectivity index (χ3n) is 5.30. The van der Waals surface area contributed by atoms with E-state index in [1.54, 1.807) is 36.4 Å². The van der Waals surface area contributed by atoms with Gasteiger partial charge in [-0.3, -0.25) is 19.7 Å². The number of para-hydroxylation sites is 2. The lowest BCUT2D eigenvalue weighted by Crippen LogP contribution is -2.37. The van der Waals surface area contributed by atoms with Gasteiger partial charge in [-0.1, -0.05) is 12.1 Å². The lowest BCUT2D eigenvalue weighted by molar-refractivity contribution is -0.384. The summed E-state index contributed by atoms with van der Waals surface area (Å²) in [6.07, 6.45) is 1.10. The Morgan fingerprint density at radius 2 is 1.87 bits per heavy atom. The SMILES string of the molecule is COc1ccc(C(C)=O)cc1COC(=O)C1CCN(c2ccccc2[N+](=O)[O-])CC1. The second-order valence-electron chi connectivity index (χ2n) is 7.20. The average molecular weight is 412 g/mol. The molecule has 1 aliphatic rings. The number of nitrogens with zero attached hydrogens (tertiary/aromatic N) is 2. The van der Waals surface area contributed by atoms with Gasteiger partial charge in [-0.05, 0) is 44.0 Å². The van der Waals surface area contributed by atoms with E-state index in [9.17, 15) is 19.7 Å². The van der Waals surface area contributed by atoms with Gasteiger partial charge in [-0.2, -0.15) is 0 Å². The number of carbonyl (C=O) groups excluding carboxylic acids is 2. The summed E-state index contributed by atoms with van der Waals surface area (Å²) in [6, 6.07) is 11.7. The van der Waals surface area contributed by atoms with Crippen molar-refractivity contribution in [3.63, 3.8) is 0 Å². The van der Waals surface area contributed by atoms with Crippen molar-refractivity contribution in [1.82, 2.24) is 0 Å². The molecule has 0 aromatic heterocycles. The van der Waals surface area contributed by atoms with Crippen LogP contribution in [0.1, 0.15) is 35.7 Å². The molecule has 30 heavy (non-hydrogen) atoms. The van der Waals surface area contributed by atoms with E-state index < -0.39 is 4.92 Å². The highest BCUT2D eigenvalue weighted by atomic mass is 16.6. The number of rotatable bonds is 7. The maximum atomic E-state index is 12.6. The summed E-state index contributed by atoms with van der Waals surface area (Å²) < 4.78 is 10.8. The Morgan fingerprint density at radius 1 is 1.17 bits per heavy atom. The van der Waals surface area contributed by atoms with E-state index in [-0.39, 0.29) is 30.0 Å². The predicted octanol–water partition coefficient (Wildman–Crippen LogP) is 3.77. The zero-order valence-corrected chi connectivity index (χ0v) is 17.0. The van der Waals surface area contributed by atoms with Crippen LogP contribution in [0.4, 0.5) is 11.4 Å². The minimum Gasteiger partial charge on any atom is -0.496 e. The molecule has 0 amide bonds. The molecule has 0 radical (unpaired) electrons. The molecule has 8 heteroatoms. The van der Waals surface area contributed by atoms with Crippen molar-refractivity contribution < 1.29 is 24.0 Å². The first-order valence-electron chi connectivity index (χ1n) is 9.73. The summed E-state index contributed by atoms with van der Waals surface area (Å²) in [5.74, 6) is -0.106. The van der Waals surface area contributed by atoms with Crippen LogP contribution in [-0.4, -0.2) is 36.9 Å². The number of carbonyl (C=O) groups is 2. The first-order valence-corrected chi connectivity index (χ1v) is 9.73. The Morgan fingerprint density at radius 3 is 2.50 bits per heavy atom. The molecule has 0 N–H and O–H groups in total. The van der Waals surface area contributed by atoms with E-state index in [1.807, 2.05) is 4.90 Å². The number of anilines is 1. The molecule has 0 atom stereocenters. The summed E-state index contributed by atoms with van der Waals surface area (Å²) >= 11 is 0. The number of nitro benzene ring substituents is 1. The maximum absolute atomic E-state index is 12.6. The lowest BCUT2D eigenvalue weighted by Gasteiger charge is -2.32. The van der Waals surface area contributed by atoms with Crippen molar-refractivity contribution in [2.24, 2.45) is 5.92 Å². The van der Waals surface area contributed by atoms with Crippen LogP contribution in [0.3, 0.4) is 0 Å². The van der Waals surface area contributed by atoms with E-state index >= 15 is 0 Å². The molecule has 0 spiro atoms. The van der Waals surface area contributed by atoms with Gasteiger partial charge in [-0.15, -0.1) is 0 Å². The van der Waals surface area contributed by atoms with Crippen LogP contribution in [-0.2, 0) is 16.1 Å². The van der Waals surface area contributed by atoms with Gasteiger partial charge in [0.25, 0.3) is 5.69 Å². The largest absolute Gasteiger partial charge is 0.496 e. The number of ether oxygens (including phenoxy) is 2. The molecule has 3 rings (SSSR count). The van der Waals surface area contributed by atoms with Crippen LogP contribution >= 0.6 is 0 Å². The molecular weight excluding hydrogens is 388 g/mol. The topological polar surface area (TPSA) is 99.0 Å². The Kier molecular flexibility index (Phi) is 6.66. The van der Waals surface area contributed by atoms with Crippen molar-refractivity contribution in [2.75, 3.05) is 25.1 Å². The number of benzene rings is 2. The van der Waals surface area contributed by atoms with Gasteiger partial charge < -0.3 is 14.4 Å². The standard InChI is InChI=1S/C22H24N2O6/c1-15(25)17-7-8-21(29-2)18(13-17)14-30-22(26)16-9-11-23(12-10-16)19-5-3-4-6-20(19)24(27)28/h3-8,13,16H,9-12,14H2,1-2H3. The van der Waals surface area contributed by atoms with Crippen molar-refractivity contribution in [2.45, 2.75) is 26.4 Å². The average Bonchev–Trinajstić information content (AvgIpc) is 2.77. The Hall–Kier alpha value is -3.42. The molecule has 0 saturated carbocycles. The highest BCUT2D eigenvalue weighted by molar-refractivity contribution is 5.94. The fraction of sp³-hybridized carbons (Fsp3) is 0.364. The first kappa shape index (κ1) is 21.3. The fourth-order valence-corrected chi connectivity index (χ4v) is 3.62. The highest BCUT2D eigenvalue weighted by Gasteiger charge is 2.29. The van der Waals surface area contributed by atoms with Crippen LogP contribution < -0.4 is 9.64 Å². The van der Waals surface area contributed by atoms with Crippen molar-refractivity contribution in [3.8, 4) is 5.75 Å². The predicted molar refractivity (Wildman–Crippen MR) is 111 cm³/mol. The Bertz CT molecular complexity index is 950. The summed E-state index contributed by atoms with van der Waals surface area (Å²) in [4.78, 5) is 36.9. The minimum atomic E-state index is -0.391. The number of nitro groups is 1. The van der Waals surface area contributed by atoms with E-state index in [0.29, 0.717) is 48.5 Å². The quantitative estimate of drug-likeness (QED) is 0.295. The Labute approximate surface area is 174 Å². The molecule has 8 nitrogen and oxygen atoms in total. The summed E-state index contributed by atoms with van der Waals surface area (Å²) in [7, 11) is 1.52. The van der Waals surface area contributed by atoms with Gasteiger partial charge in [0.15, 0.2) is 5.78 Å². The molecule has 0 aliphatic carbocycles. The number of methoxy groups -OCH3 is 1. The second-order valence-corrected chi connectivity index (χ2v) is 7.20. The molecule has 158 valence electrons. The zero-order chi connectivity index (χ0) is 21.7. The molecule has 2 aromatic rings. The third-order valence-corrected chi connectivity index (χ3v) is 5.30. The molecule has 1 fully saturated rings. The fourth-order valence-electron chi connectivity index (χ4n) is 3.62. The van der Waals surface area contributed by atoms with Crippen LogP contribution in [0.15, 0.2) is 42.5 Å². The van der Waals surface area contributed by atoms with Crippen LogP contribution in [0, 0.1) is 16.0 Å². The molecule has 0 bridgehead atoms. The third kappa shape index (κ3) is 4.76. The van der Waals surface area contributed by atoms with Gasteiger partial charge in [0, 0.05) is 30.3 Å². The molecule has 0 unspecified atom stereocenters. The maximum Gasteiger partial charge on any atom is 0.309 e. The van der Waals surface area contributed by atoms with Crippen molar-refractivity contribution in [1.29, 1.82) is 0 Å². The van der Waals surface area contributed by atoms with Gasteiger partial charge in [0.2, 0.25) is 0 Å². The van der Waals surface area contributed by atoms with Gasteiger partial charge in [0.05, 0.1) is 18.0 Å². The number of piperidine rings is 1. The molecular formula is C22H24N2O6. The van der Waals surface area contributed by atoms with Gasteiger partial charge in [-0.25, -0.2) is 0 Å². The molecule has 2 aromatic carbocycles. The van der Waals surface area contributed by atoms with E-state index in [1.165, 1.54) is 20.1 Å². The summed E-state index contributed by atoms with van der Waals surface area (Å²) in [5, 5.41) is 11.2. The van der Waals surface area contributed by atoms with Gasteiger partial charge >= 0.3 is 5.97 Å². The molecule has 1 saturated heterocycles. The smallest absolute Gasteiger partial charge is 0.309 e. The van der Waals surface area contributed by atoms with Crippen LogP contribution in [0.5, 0.6) is 5.75 Å². The number of ketones is 1. The van der Waals surface area contributed by atoms with Crippen molar-refractivity contribution >= 4 is 23.1 Å². The number of hydrogen-bond donors (Lipinski definition) is 0. The molecule has 1 aliphatic heterocycles. The minimum absolute atomic E-state index is 0.0213. The monoisotopic (exact) mass is 412 g/mol. The summed E-state index contributed by atoms with van der Waals surface area (Å²) in [5.41, 5.74) is 1.80. The number of Topliss-reactive ketones (excluding diaryl/α,β-unsaturated/α-hetero) is 1. The van der Waals surface area contributed by atoms with Crippen LogP contribution in [0.2, 0.25) is 0 Å². The Balaban J connectivity index is 1.60. The summed E-state index contributed by atoms with van der Waals surface area (Å²) in [6.45, 7) is 2.57. The highest BCUT2D eigenvalue weighted by Crippen LogP contribution is 2.31. The van der Waals surface area contributed by atoms with Gasteiger partial charge in [0.1, 0.15) is 18.0 Å². The van der Waals surface area contributed by atoms with E-state index in [0.717, 1.165) is 0 Å². The van der Waals surface area contributed by atoms with E-state index in [2.05, 4.69) is 0 Å². The zero-order valence-electron chi connectivity index (χ0n) is 17.0. The van der Waals surface area contributed by atoms with Crippen LogP contribution in [0.25, 0.3) is 0 Å². The number of esters is 1. The first-order chi connectivity index (χ1) is 14.4. The van der Waals surface area contributed by atoms with E-state index in [4.69, 9.17) is 9.47 Å².